The number of benzene rings is 1. The third-order valence-corrected chi connectivity index (χ3v) is 5.05. The van der Waals surface area contributed by atoms with Crippen molar-refractivity contribution in [2.24, 2.45) is 0 Å². The summed E-state index contributed by atoms with van der Waals surface area (Å²) in [5.74, 6) is -0.857. The van der Waals surface area contributed by atoms with Gasteiger partial charge in [0.25, 0.3) is 0 Å². The van der Waals surface area contributed by atoms with Gasteiger partial charge in [-0.25, -0.2) is 4.79 Å². The largest absolute Gasteiger partial charge is 0.453 e. The van der Waals surface area contributed by atoms with Gasteiger partial charge >= 0.3 is 5.97 Å². The van der Waals surface area contributed by atoms with E-state index in [-0.39, 0.29) is 18.3 Å². The quantitative estimate of drug-likeness (QED) is 0.599. The first-order valence-corrected chi connectivity index (χ1v) is 8.95. The first kappa shape index (κ1) is 18.9. The highest BCUT2D eigenvalue weighted by atomic mass is 32.1. The van der Waals surface area contributed by atoms with Gasteiger partial charge in [-0.1, -0.05) is 13.8 Å². The van der Waals surface area contributed by atoms with Crippen LogP contribution in [0.1, 0.15) is 50.7 Å². The van der Waals surface area contributed by atoms with E-state index in [0.717, 1.165) is 16.9 Å². The third kappa shape index (κ3) is 5.00. The zero-order chi connectivity index (χ0) is 18.4. The summed E-state index contributed by atoms with van der Waals surface area (Å²) in [5.41, 5.74) is 2.12. The number of rotatable bonds is 7. The van der Waals surface area contributed by atoms with Crippen LogP contribution in [0, 0.1) is 6.92 Å². The Hall–Kier alpha value is -2.47. The molecule has 0 saturated heterocycles. The number of aryl methyl sites for hydroxylation is 2. The van der Waals surface area contributed by atoms with Gasteiger partial charge in [-0.3, -0.25) is 9.59 Å². The second kappa shape index (κ2) is 8.58. The molecule has 1 N–H and O–H groups in total. The lowest BCUT2D eigenvalue weighted by atomic mass is 10.1. The fourth-order valence-corrected chi connectivity index (χ4v) is 3.25. The van der Waals surface area contributed by atoms with Crippen molar-refractivity contribution in [2.75, 3.05) is 11.9 Å². The number of hydrogen-bond donors (Lipinski definition) is 1. The highest BCUT2D eigenvalue weighted by molar-refractivity contribution is 7.14. The Labute approximate surface area is 151 Å². The van der Waals surface area contributed by atoms with Crippen LogP contribution in [0.2, 0.25) is 0 Å². The molecule has 2 rings (SSSR count). The second-order valence-corrected chi connectivity index (χ2v) is 6.69. The molecule has 1 aromatic carbocycles. The minimum absolute atomic E-state index is 0.0919. The number of amides is 1. The van der Waals surface area contributed by atoms with Gasteiger partial charge in [-0.2, -0.15) is 0 Å². The highest BCUT2D eigenvalue weighted by Crippen LogP contribution is 2.23. The van der Waals surface area contributed by atoms with Crippen LogP contribution < -0.4 is 5.32 Å². The summed E-state index contributed by atoms with van der Waals surface area (Å²) < 4.78 is 5.12. The van der Waals surface area contributed by atoms with Crippen LogP contribution in [0.15, 0.2) is 30.3 Å². The van der Waals surface area contributed by atoms with E-state index in [1.165, 1.54) is 11.3 Å². The maximum absolute atomic E-state index is 12.1. The summed E-state index contributed by atoms with van der Waals surface area (Å²) in [7, 11) is 0. The lowest BCUT2D eigenvalue weighted by molar-refractivity contribution is -0.115. The number of nitrogens with one attached hydrogen (secondary N) is 1. The summed E-state index contributed by atoms with van der Waals surface area (Å²) >= 11 is 1.40. The normalized spacial score (nSPS) is 10.4. The molecular formula is C19H21NO4S. The van der Waals surface area contributed by atoms with Gasteiger partial charge in [0.05, 0.1) is 0 Å². The summed E-state index contributed by atoms with van der Waals surface area (Å²) in [6, 6.07) is 8.30. The molecule has 0 unspecified atom stereocenters. The predicted molar refractivity (Wildman–Crippen MR) is 98.4 cm³/mol. The standard InChI is InChI=1S/C19H21NO4S/c1-4-16-12(3)10-17(25-16)19(23)24-11-15(21)13-6-8-14(9-7-13)20-18(22)5-2/h6-10H,4-5,11H2,1-3H3,(H,20,22). The number of anilines is 1. The Bertz CT molecular complexity index is 777. The number of hydrogen-bond acceptors (Lipinski definition) is 5. The van der Waals surface area contributed by atoms with Gasteiger partial charge in [0, 0.05) is 22.5 Å². The second-order valence-electron chi connectivity index (χ2n) is 5.55. The maximum Gasteiger partial charge on any atom is 0.348 e. The molecular weight excluding hydrogens is 338 g/mol. The Morgan fingerprint density at radius 1 is 1.12 bits per heavy atom. The van der Waals surface area contributed by atoms with E-state index >= 15 is 0 Å². The molecule has 0 radical (unpaired) electrons. The molecule has 1 heterocycles. The number of thiophene rings is 1. The predicted octanol–water partition coefficient (Wildman–Crippen LogP) is 4.01. The maximum atomic E-state index is 12.1. The summed E-state index contributed by atoms with van der Waals surface area (Å²) in [4.78, 5) is 37.2. The van der Waals surface area contributed by atoms with E-state index in [9.17, 15) is 14.4 Å². The topological polar surface area (TPSA) is 72.5 Å². The summed E-state index contributed by atoms with van der Waals surface area (Å²) in [5, 5.41) is 2.71. The average molecular weight is 359 g/mol. The van der Waals surface area contributed by atoms with Crippen molar-refractivity contribution in [1.29, 1.82) is 0 Å². The SMILES string of the molecule is CCC(=O)Nc1ccc(C(=O)COC(=O)c2cc(C)c(CC)s2)cc1. The van der Waals surface area contributed by atoms with E-state index in [1.807, 2.05) is 13.8 Å². The van der Waals surface area contributed by atoms with Gasteiger partial charge in [0.2, 0.25) is 5.91 Å². The van der Waals surface area contributed by atoms with Crippen molar-refractivity contribution in [3.63, 3.8) is 0 Å². The number of carbonyl (C=O) groups excluding carboxylic acids is 3. The average Bonchev–Trinajstić information content (AvgIpc) is 3.00. The molecule has 0 saturated carbocycles. The molecule has 1 aromatic heterocycles. The van der Waals surface area contributed by atoms with E-state index in [1.54, 1.807) is 37.3 Å². The zero-order valence-electron chi connectivity index (χ0n) is 14.5. The molecule has 132 valence electrons. The van der Waals surface area contributed by atoms with Crippen molar-refractivity contribution in [3.05, 3.63) is 51.2 Å². The smallest absolute Gasteiger partial charge is 0.348 e. The number of ketones is 1. The molecule has 6 heteroatoms. The van der Waals surface area contributed by atoms with Crippen molar-refractivity contribution < 1.29 is 19.1 Å². The fourth-order valence-electron chi connectivity index (χ4n) is 2.25. The van der Waals surface area contributed by atoms with E-state index in [2.05, 4.69) is 5.32 Å². The Kier molecular flexibility index (Phi) is 6.47. The number of carbonyl (C=O) groups is 3. The molecule has 0 spiro atoms. The molecule has 25 heavy (non-hydrogen) atoms. The van der Waals surface area contributed by atoms with Crippen LogP contribution in [0.25, 0.3) is 0 Å². The van der Waals surface area contributed by atoms with Gasteiger partial charge in [-0.05, 0) is 49.2 Å². The van der Waals surface area contributed by atoms with Crippen molar-refractivity contribution in [2.45, 2.75) is 33.6 Å². The number of ether oxygens (including phenoxy) is 1. The molecule has 1 amide bonds. The van der Waals surface area contributed by atoms with Crippen molar-refractivity contribution >= 4 is 34.7 Å². The van der Waals surface area contributed by atoms with Crippen LogP contribution in [-0.2, 0) is 16.0 Å². The Morgan fingerprint density at radius 2 is 1.80 bits per heavy atom. The Balaban J connectivity index is 1.93. The first-order valence-electron chi connectivity index (χ1n) is 8.14. The monoisotopic (exact) mass is 359 g/mol. The molecule has 0 aliphatic rings. The number of Topliss-reactive ketones (excluding diaryl/α,β-unsaturated/α-hetero) is 1. The molecule has 0 aliphatic heterocycles. The minimum atomic E-state index is -0.479. The van der Waals surface area contributed by atoms with Gasteiger partial charge in [0.1, 0.15) is 4.88 Å². The molecule has 0 fully saturated rings. The van der Waals surface area contributed by atoms with Gasteiger partial charge in [0.15, 0.2) is 12.4 Å². The van der Waals surface area contributed by atoms with E-state index in [0.29, 0.717) is 22.5 Å². The molecule has 0 atom stereocenters. The van der Waals surface area contributed by atoms with Crippen LogP contribution >= 0.6 is 11.3 Å². The van der Waals surface area contributed by atoms with E-state index < -0.39 is 5.97 Å². The van der Waals surface area contributed by atoms with Crippen LogP contribution in [0.3, 0.4) is 0 Å². The van der Waals surface area contributed by atoms with Crippen molar-refractivity contribution in [1.82, 2.24) is 0 Å². The van der Waals surface area contributed by atoms with Crippen LogP contribution in [0.5, 0.6) is 0 Å². The lowest BCUT2D eigenvalue weighted by Gasteiger charge is -2.06. The van der Waals surface area contributed by atoms with Crippen molar-refractivity contribution in [3.8, 4) is 0 Å². The molecule has 2 aromatic rings. The van der Waals surface area contributed by atoms with Crippen LogP contribution in [-0.4, -0.2) is 24.3 Å². The first-order chi connectivity index (χ1) is 11.9. The summed E-state index contributed by atoms with van der Waals surface area (Å²) in [6.45, 7) is 5.44. The Morgan fingerprint density at radius 3 is 2.36 bits per heavy atom. The highest BCUT2D eigenvalue weighted by Gasteiger charge is 2.15. The number of esters is 1. The molecule has 5 nitrogen and oxygen atoms in total. The minimum Gasteiger partial charge on any atom is -0.453 e. The molecule has 0 bridgehead atoms. The lowest BCUT2D eigenvalue weighted by Crippen LogP contribution is -2.14. The molecule has 0 aliphatic carbocycles. The zero-order valence-corrected chi connectivity index (χ0v) is 15.4. The van der Waals surface area contributed by atoms with E-state index in [4.69, 9.17) is 4.74 Å². The van der Waals surface area contributed by atoms with Gasteiger partial charge in [-0.15, -0.1) is 11.3 Å². The fraction of sp³-hybridized carbons (Fsp3) is 0.316. The third-order valence-electron chi connectivity index (χ3n) is 3.69. The van der Waals surface area contributed by atoms with Crippen LogP contribution in [0.4, 0.5) is 5.69 Å². The summed E-state index contributed by atoms with van der Waals surface area (Å²) in [6.07, 6.45) is 1.25. The van der Waals surface area contributed by atoms with Gasteiger partial charge < -0.3 is 10.1 Å².